The lowest BCUT2D eigenvalue weighted by molar-refractivity contribution is 0.0302. The van der Waals surface area contributed by atoms with Crippen LogP contribution < -0.4 is 4.74 Å². The van der Waals surface area contributed by atoms with Crippen LogP contribution >= 0.6 is 0 Å². The Labute approximate surface area is 132 Å². The highest BCUT2D eigenvalue weighted by atomic mass is 16.5. The van der Waals surface area contributed by atoms with Gasteiger partial charge in [0.15, 0.2) is 0 Å². The van der Waals surface area contributed by atoms with Gasteiger partial charge < -0.3 is 19.1 Å². The van der Waals surface area contributed by atoms with Gasteiger partial charge in [-0.15, -0.1) is 0 Å². The molecule has 0 unspecified atom stereocenters. The van der Waals surface area contributed by atoms with Crippen LogP contribution in [0.3, 0.4) is 0 Å². The lowest BCUT2D eigenvalue weighted by Crippen LogP contribution is -2.40. The Morgan fingerprint density at radius 3 is 2.68 bits per heavy atom. The van der Waals surface area contributed by atoms with Crippen molar-refractivity contribution in [2.75, 3.05) is 32.9 Å². The van der Waals surface area contributed by atoms with Crippen molar-refractivity contribution < 1.29 is 19.0 Å². The van der Waals surface area contributed by atoms with E-state index in [1.54, 1.807) is 0 Å². The Kier molecular flexibility index (Phi) is 6.21. The van der Waals surface area contributed by atoms with E-state index in [2.05, 4.69) is 0 Å². The van der Waals surface area contributed by atoms with Crippen molar-refractivity contribution >= 4 is 5.91 Å². The fraction of sp³-hybridized carbons (Fsp3) is 0.588. The number of hydrogen-bond acceptors (Lipinski definition) is 4. The average Bonchev–Trinajstić information content (AvgIpc) is 2.54. The van der Waals surface area contributed by atoms with Crippen molar-refractivity contribution in [1.82, 2.24) is 4.90 Å². The SMILES string of the molecule is CCOc1ccc(C(=O)N2CCOCC2)cc1COC(C)C. The number of carbonyl (C=O) groups excluding carboxylic acids is 1. The third-order valence-corrected chi connectivity index (χ3v) is 3.48. The van der Waals surface area contributed by atoms with Gasteiger partial charge in [0, 0.05) is 24.2 Å². The molecule has 122 valence electrons. The molecule has 5 heteroatoms. The second kappa shape index (κ2) is 8.15. The lowest BCUT2D eigenvalue weighted by atomic mass is 10.1. The minimum atomic E-state index is 0.0390. The highest BCUT2D eigenvalue weighted by Crippen LogP contribution is 2.23. The summed E-state index contributed by atoms with van der Waals surface area (Å²) < 4.78 is 16.6. The van der Waals surface area contributed by atoms with Gasteiger partial charge in [0.25, 0.3) is 5.91 Å². The van der Waals surface area contributed by atoms with Crippen LogP contribution in [-0.2, 0) is 16.1 Å². The number of amides is 1. The van der Waals surface area contributed by atoms with Crippen molar-refractivity contribution in [3.63, 3.8) is 0 Å². The molecule has 2 rings (SSSR count). The number of carbonyl (C=O) groups is 1. The molecule has 0 aliphatic carbocycles. The van der Waals surface area contributed by atoms with Crippen molar-refractivity contribution in [2.24, 2.45) is 0 Å². The highest BCUT2D eigenvalue weighted by molar-refractivity contribution is 5.94. The molecular formula is C17H25NO4. The summed E-state index contributed by atoms with van der Waals surface area (Å²) in [5.41, 5.74) is 1.59. The van der Waals surface area contributed by atoms with Crippen molar-refractivity contribution in [3.05, 3.63) is 29.3 Å². The molecule has 5 nitrogen and oxygen atoms in total. The Balaban J connectivity index is 2.16. The Hall–Kier alpha value is -1.59. The van der Waals surface area contributed by atoms with E-state index in [0.717, 1.165) is 11.3 Å². The number of morpholine rings is 1. The summed E-state index contributed by atoms with van der Waals surface area (Å²) in [4.78, 5) is 14.4. The van der Waals surface area contributed by atoms with Crippen LogP contribution in [0.2, 0.25) is 0 Å². The van der Waals surface area contributed by atoms with E-state index in [1.807, 2.05) is 43.9 Å². The first kappa shape index (κ1) is 16.8. The Morgan fingerprint density at radius 1 is 1.32 bits per heavy atom. The number of ether oxygens (including phenoxy) is 3. The van der Waals surface area contributed by atoms with Crippen LogP contribution in [0, 0.1) is 0 Å². The third kappa shape index (κ3) is 4.45. The van der Waals surface area contributed by atoms with Crippen LogP contribution in [0.15, 0.2) is 18.2 Å². The van der Waals surface area contributed by atoms with Crippen LogP contribution in [0.25, 0.3) is 0 Å². The summed E-state index contributed by atoms with van der Waals surface area (Å²) in [5, 5.41) is 0. The van der Waals surface area contributed by atoms with E-state index in [4.69, 9.17) is 14.2 Å². The van der Waals surface area contributed by atoms with Gasteiger partial charge in [0.2, 0.25) is 0 Å². The van der Waals surface area contributed by atoms with Crippen LogP contribution in [-0.4, -0.2) is 49.8 Å². The van der Waals surface area contributed by atoms with E-state index in [-0.39, 0.29) is 12.0 Å². The van der Waals surface area contributed by atoms with Gasteiger partial charge in [0.05, 0.1) is 32.5 Å². The fourth-order valence-electron chi connectivity index (χ4n) is 2.33. The van der Waals surface area contributed by atoms with E-state index in [0.29, 0.717) is 45.1 Å². The molecule has 0 saturated carbocycles. The molecule has 0 spiro atoms. The molecule has 1 fully saturated rings. The van der Waals surface area contributed by atoms with Gasteiger partial charge in [-0.25, -0.2) is 0 Å². The quantitative estimate of drug-likeness (QED) is 0.810. The molecule has 0 aromatic heterocycles. The normalized spacial score (nSPS) is 15.2. The number of rotatable bonds is 6. The molecule has 1 aliphatic rings. The van der Waals surface area contributed by atoms with E-state index >= 15 is 0 Å². The van der Waals surface area contributed by atoms with Crippen molar-refractivity contribution in [2.45, 2.75) is 33.5 Å². The smallest absolute Gasteiger partial charge is 0.254 e. The predicted molar refractivity (Wildman–Crippen MR) is 84.3 cm³/mol. The summed E-state index contributed by atoms with van der Waals surface area (Å²) in [6, 6.07) is 5.56. The van der Waals surface area contributed by atoms with Crippen molar-refractivity contribution in [3.8, 4) is 5.75 Å². The summed E-state index contributed by atoms with van der Waals surface area (Å²) in [5.74, 6) is 0.818. The van der Waals surface area contributed by atoms with E-state index in [9.17, 15) is 4.79 Å². The zero-order valence-corrected chi connectivity index (χ0v) is 13.6. The Bertz CT molecular complexity index is 495. The molecule has 1 aliphatic heterocycles. The van der Waals surface area contributed by atoms with Gasteiger partial charge >= 0.3 is 0 Å². The molecule has 1 aromatic carbocycles. The van der Waals surface area contributed by atoms with Gasteiger partial charge in [-0.05, 0) is 39.0 Å². The predicted octanol–water partition coefficient (Wildman–Crippen LogP) is 2.48. The molecule has 1 amide bonds. The fourth-order valence-corrected chi connectivity index (χ4v) is 2.33. The molecule has 22 heavy (non-hydrogen) atoms. The molecule has 1 saturated heterocycles. The van der Waals surface area contributed by atoms with E-state index < -0.39 is 0 Å². The minimum Gasteiger partial charge on any atom is -0.494 e. The summed E-state index contributed by atoms with van der Waals surface area (Å²) in [6.07, 6.45) is 0.132. The second-order valence-corrected chi connectivity index (χ2v) is 5.52. The number of nitrogens with zero attached hydrogens (tertiary/aromatic N) is 1. The van der Waals surface area contributed by atoms with Crippen molar-refractivity contribution in [1.29, 1.82) is 0 Å². The minimum absolute atomic E-state index is 0.0390. The topological polar surface area (TPSA) is 48.0 Å². The van der Waals surface area contributed by atoms with Crippen LogP contribution in [0.1, 0.15) is 36.7 Å². The zero-order chi connectivity index (χ0) is 15.9. The van der Waals surface area contributed by atoms with Gasteiger partial charge in [-0.3, -0.25) is 4.79 Å². The van der Waals surface area contributed by atoms with Crippen LogP contribution in [0.4, 0.5) is 0 Å². The monoisotopic (exact) mass is 307 g/mol. The molecule has 1 aromatic rings. The first-order valence-electron chi connectivity index (χ1n) is 7.86. The molecule has 0 radical (unpaired) electrons. The van der Waals surface area contributed by atoms with E-state index in [1.165, 1.54) is 0 Å². The number of hydrogen-bond donors (Lipinski definition) is 0. The molecule has 0 bridgehead atoms. The van der Waals surface area contributed by atoms with Gasteiger partial charge in [0.1, 0.15) is 5.75 Å². The van der Waals surface area contributed by atoms with Crippen LogP contribution in [0.5, 0.6) is 5.75 Å². The largest absolute Gasteiger partial charge is 0.494 e. The maximum absolute atomic E-state index is 12.5. The maximum atomic E-state index is 12.5. The lowest BCUT2D eigenvalue weighted by Gasteiger charge is -2.27. The second-order valence-electron chi connectivity index (χ2n) is 5.52. The molecule has 0 atom stereocenters. The first-order chi connectivity index (χ1) is 10.6. The molecule has 0 N–H and O–H groups in total. The molecule has 1 heterocycles. The average molecular weight is 307 g/mol. The van der Waals surface area contributed by atoms with Gasteiger partial charge in [-0.2, -0.15) is 0 Å². The number of benzene rings is 1. The standard InChI is InChI=1S/C17H25NO4/c1-4-21-16-6-5-14(11-15(16)12-22-13(2)3)17(19)18-7-9-20-10-8-18/h5-6,11,13H,4,7-10,12H2,1-3H3. The maximum Gasteiger partial charge on any atom is 0.254 e. The summed E-state index contributed by atoms with van der Waals surface area (Å²) >= 11 is 0. The highest BCUT2D eigenvalue weighted by Gasteiger charge is 2.19. The molecular weight excluding hydrogens is 282 g/mol. The zero-order valence-electron chi connectivity index (χ0n) is 13.6. The Morgan fingerprint density at radius 2 is 2.05 bits per heavy atom. The third-order valence-electron chi connectivity index (χ3n) is 3.48. The van der Waals surface area contributed by atoms with Gasteiger partial charge in [-0.1, -0.05) is 0 Å². The summed E-state index contributed by atoms with van der Waals surface area (Å²) in [7, 11) is 0. The summed E-state index contributed by atoms with van der Waals surface area (Å²) in [6.45, 7) is 9.45. The first-order valence-corrected chi connectivity index (χ1v) is 7.86.